The summed E-state index contributed by atoms with van der Waals surface area (Å²) in [5, 5.41) is 9.59. The van der Waals surface area contributed by atoms with Crippen LogP contribution in [0.5, 0.6) is 5.75 Å². The van der Waals surface area contributed by atoms with Gasteiger partial charge in [-0.25, -0.2) is 0 Å². The van der Waals surface area contributed by atoms with Gasteiger partial charge in [-0.05, 0) is 44.4 Å². The van der Waals surface area contributed by atoms with Crippen molar-refractivity contribution in [1.29, 1.82) is 0 Å². The molecular formula is C16H24N2O2. The van der Waals surface area contributed by atoms with Crippen molar-refractivity contribution in [2.24, 2.45) is 11.7 Å². The number of hydrogen-bond acceptors (Lipinski definition) is 3. The lowest BCUT2D eigenvalue weighted by molar-refractivity contribution is -0.137. The summed E-state index contributed by atoms with van der Waals surface area (Å²) in [6.45, 7) is 4.63. The number of carbonyl (C=O) groups is 1. The van der Waals surface area contributed by atoms with Gasteiger partial charge in [-0.1, -0.05) is 18.6 Å². The summed E-state index contributed by atoms with van der Waals surface area (Å²) in [6.07, 6.45) is 2.87. The fourth-order valence-corrected chi connectivity index (χ4v) is 3.09. The second-order valence-corrected chi connectivity index (χ2v) is 5.60. The van der Waals surface area contributed by atoms with Crippen LogP contribution in [-0.2, 0) is 4.79 Å². The smallest absolute Gasteiger partial charge is 0.227 e. The van der Waals surface area contributed by atoms with Gasteiger partial charge in [-0.3, -0.25) is 4.79 Å². The van der Waals surface area contributed by atoms with Gasteiger partial charge in [0.2, 0.25) is 5.91 Å². The third-order valence-corrected chi connectivity index (χ3v) is 4.33. The molecule has 1 amide bonds. The zero-order valence-electron chi connectivity index (χ0n) is 12.2. The number of rotatable bonds is 4. The standard InChI is InChI=1S/C16H24N2O2/c1-3-18(16(20)14-8-5-9-15(14)17)11(2)12-6-4-7-13(19)10-12/h4,6-7,10-11,14-15,19H,3,5,8-9,17H2,1-2H3. The van der Waals surface area contributed by atoms with E-state index < -0.39 is 0 Å². The monoisotopic (exact) mass is 276 g/mol. The lowest BCUT2D eigenvalue weighted by atomic mass is 9.99. The number of carbonyl (C=O) groups excluding carboxylic acids is 1. The average Bonchev–Trinajstić information content (AvgIpc) is 2.85. The molecule has 0 heterocycles. The first kappa shape index (κ1) is 14.9. The van der Waals surface area contributed by atoms with Crippen molar-refractivity contribution in [3.63, 3.8) is 0 Å². The predicted octanol–water partition coefficient (Wildman–Crippen LogP) is 2.43. The Morgan fingerprint density at radius 3 is 2.80 bits per heavy atom. The van der Waals surface area contributed by atoms with Crippen LogP contribution in [0.25, 0.3) is 0 Å². The van der Waals surface area contributed by atoms with E-state index in [1.165, 1.54) is 0 Å². The summed E-state index contributed by atoms with van der Waals surface area (Å²) in [6, 6.07) is 7.05. The van der Waals surface area contributed by atoms with E-state index in [0.29, 0.717) is 6.54 Å². The lowest BCUT2D eigenvalue weighted by Crippen LogP contribution is -2.42. The molecular weight excluding hydrogens is 252 g/mol. The lowest BCUT2D eigenvalue weighted by Gasteiger charge is -2.32. The molecule has 110 valence electrons. The summed E-state index contributed by atoms with van der Waals surface area (Å²) < 4.78 is 0. The van der Waals surface area contributed by atoms with Crippen LogP contribution in [0.2, 0.25) is 0 Å². The van der Waals surface area contributed by atoms with Crippen LogP contribution in [0.4, 0.5) is 0 Å². The van der Waals surface area contributed by atoms with Crippen molar-refractivity contribution in [2.45, 2.75) is 45.2 Å². The van der Waals surface area contributed by atoms with Gasteiger partial charge in [0.15, 0.2) is 0 Å². The molecule has 1 aromatic rings. The highest BCUT2D eigenvalue weighted by atomic mass is 16.3. The topological polar surface area (TPSA) is 66.6 Å². The van der Waals surface area contributed by atoms with Crippen molar-refractivity contribution in [3.05, 3.63) is 29.8 Å². The molecule has 1 aliphatic rings. The number of benzene rings is 1. The van der Waals surface area contributed by atoms with Crippen LogP contribution in [0.1, 0.15) is 44.7 Å². The second kappa shape index (κ2) is 6.27. The van der Waals surface area contributed by atoms with Crippen LogP contribution in [0.15, 0.2) is 24.3 Å². The van der Waals surface area contributed by atoms with Crippen molar-refractivity contribution in [3.8, 4) is 5.75 Å². The van der Waals surface area contributed by atoms with E-state index in [4.69, 9.17) is 5.73 Å². The molecule has 1 aliphatic carbocycles. The summed E-state index contributed by atoms with van der Waals surface area (Å²) in [5.74, 6) is 0.332. The zero-order chi connectivity index (χ0) is 14.7. The van der Waals surface area contributed by atoms with Gasteiger partial charge < -0.3 is 15.7 Å². The first-order valence-corrected chi connectivity index (χ1v) is 7.39. The first-order chi connectivity index (χ1) is 9.54. The van der Waals surface area contributed by atoms with Gasteiger partial charge in [0.05, 0.1) is 12.0 Å². The molecule has 0 saturated heterocycles. The minimum absolute atomic E-state index is 0.00655. The van der Waals surface area contributed by atoms with E-state index in [0.717, 1.165) is 24.8 Å². The fraction of sp³-hybridized carbons (Fsp3) is 0.562. The minimum atomic E-state index is -0.0487. The molecule has 3 atom stereocenters. The maximum Gasteiger partial charge on any atom is 0.227 e. The second-order valence-electron chi connectivity index (χ2n) is 5.60. The SMILES string of the molecule is CCN(C(=O)C1CCCC1N)C(C)c1cccc(O)c1. The van der Waals surface area contributed by atoms with Crippen molar-refractivity contribution >= 4 is 5.91 Å². The Labute approximate surface area is 120 Å². The third kappa shape index (κ3) is 2.96. The summed E-state index contributed by atoms with van der Waals surface area (Å²) >= 11 is 0. The molecule has 4 nitrogen and oxygen atoms in total. The van der Waals surface area contributed by atoms with E-state index in [2.05, 4.69) is 0 Å². The highest BCUT2D eigenvalue weighted by Gasteiger charge is 2.34. The van der Waals surface area contributed by atoms with Gasteiger partial charge in [0.25, 0.3) is 0 Å². The van der Waals surface area contributed by atoms with Crippen molar-refractivity contribution in [1.82, 2.24) is 4.90 Å². The normalized spacial score (nSPS) is 23.6. The summed E-state index contributed by atoms with van der Waals surface area (Å²) in [7, 11) is 0. The van der Waals surface area contributed by atoms with Gasteiger partial charge in [0, 0.05) is 12.6 Å². The Balaban J connectivity index is 2.16. The molecule has 20 heavy (non-hydrogen) atoms. The Kier molecular flexibility index (Phi) is 4.65. The Bertz CT molecular complexity index is 475. The third-order valence-electron chi connectivity index (χ3n) is 4.33. The maximum absolute atomic E-state index is 12.7. The molecule has 4 heteroatoms. The predicted molar refractivity (Wildman–Crippen MR) is 79.2 cm³/mol. The quantitative estimate of drug-likeness (QED) is 0.887. The number of nitrogens with zero attached hydrogens (tertiary/aromatic N) is 1. The van der Waals surface area contributed by atoms with Gasteiger partial charge in [-0.15, -0.1) is 0 Å². The largest absolute Gasteiger partial charge is 0.508 e. The van der Waals surface area contributed by atoms with Crippen LogP contribution in [0.3, 0.4) is 0 Å². The van der Waals surface area contributed by atoms with Crippen LogP contribution in [0, 0.1) is 5.92 Å². The molecule has 0 spiro atoms. The molecule has 0 aromatic heterocycles. The Morgan fingerprint density at radius 2 is 2.25 bits per heavy atom. The number of phenolic OH excluding ortho intramolecular Hbond substituents is 1. The first-order valence-electron chi connectivity index (χ1n) is 7.39. The molecule has 1 aromatic carbocycles. The van der Waals surface area contributed by atoms with Gasteiger partial charge >= 0.3 is 0 Å². The molecule has 3 N–H and O–H groups in total. The van der Waals surface area contributed by atoms with Crippen LogP contribution in [-0.4, -0.2) is 28.5 Å². The van der Waals surface area contributed by atoms with E-state index in [-0.39, 0.29) is 29.7 Å². The van der Waals surface area contributed by atoms with Crippen LogP contribution >= 0.6 is 0 Å². The van der Waals surface area contributed by atoms with E-state index >= 15 is 0 Å². The molecule has 0 radical (unpaired) electrons. The number of hydrogen-bond donors (Lipinski definition) is 2. The maximum atomic E-state index is 12.7. The Morgan fingerprint density at radius 1 is 1.50 bits per heavy atom. The van der Waals surface area contributed by atoms with Gasteiger partial charge in [0.1, 0.15) is 5.75 Å². The molecule has 0 bridgehead atoms. The summed E-state index contributed by atoms with van der Waals surface area (Å²) in [5.41, 5.74) is 7.00. The Hall–Kier alpha value is -1.55. The molecule has 3 unspecified atom stereocenters. The molecule has 2 rings (SSSR count). The van der Waals surface area contributed by atoms with Gasteiger partial charge in [-0.2, -0.15) is 0 Å². The van der Waals surface area contributed by atoms with E-state index in [9.17, 15) is 9.90 Å². The summed E-state index contributed by atoms with van der Waals surface area (Å²) in [4.78, 5) is 14.5. The van der Waals surface area contributed by atoms with Crippen molar-refractivity contribution in [2.75, 3.05) is 6.54 Å². The van der Waals surface area contributed by atoms with E-state index in [1.807, 2.05) is 24.8 Å². The molecule has 1 saturated carbocycles. The highest BCUT2D eigenvalue weighted by Crippen LogP contribution is 2.30. The van der Waals surface area contributed by atoms with Crippen LogP contribution < -0.4 is 5.73 Å². The molecule has 0 aliphatic heterocycles. The number of nitrogens with two attached hydrogens (primary N) is 1. The highest BCUT2D eigenvalue weighted by molar-refractivity contribution is 5.80. The van der Waals surface area contributed by atoms with E-state index in [1.54, 1.807) is 18.2 Å². The number of aromatic hydroxyl groups is 1. The number of amides is 1. The minimum Gasteiger partial charge on any atom is -0.508 e. The molecule has 1 fully saturated rings. The van der Waals surface area contributed by atoms with Crippen molar-refractivity contribution < 1.29 is 9.90 Å². The zero-order valence-corrected chi connectivity index (χ0v) is 12.2. The number of phenols is 1. The fourth-order valence-electron chi connectivity index (χ4n) is 3.09. The average molecular weight is 276 g/mol.